The molecule has 220 valence electrons. The Balaban J connectivity index is 2.03. The van der Waals surface area contributed by atoms with Crippen molar-refractivity contribution in [2.24, 2.45) is 0 Å². The molecule has 1 unspecified atom stereocenters. The predicted molar refractivity (Wildman–Crippen MR) is 168 cm³/mol. The Labute approximate surface area is 255 Å². The van der Waals surface area contributed by atoms with Crippen molar-refractivity contribution < 1.29 is 22.7 Å². The quantitative estimate of drug-likeness (QED) is 0.223. The van der Waals surface area contributed by atoms with Crippen molar-refractivity contribution in [3.63, 3.8) is 0 Å². The van der Waals surface area contributed by atoms with Gasteiger partial charge in [-0.15, -0.1) is 11.8 Å². The van der Waals surface area contributed by atoms with E-state index < -0.39 is 28.5 Å². The number of amides is 2. The number of hydrogen-bond donors (Lipinski definition) is 1. The number of hydrogen-bond acceptors (Lipinski definition) is 6. The first-order valence-corrected chi connectivity index (χ1v) is 16.8. The number of rotatable bonds is 14. The maximum atomic E-state index is 14.0. The molecule has 0 aliphatic rings. The van der Waals surface area contributed by atoms with Gasteiger partial charge in [-0.25, -0.2) is 8.42 Å². The van der Waals surface area contributed by atoms with Crippen LogP contribution in [0.15, 0.2) is 87.1 Å². The number of nitrogens with one attached hydrogen (secondary N) is 1. The molecule has 0 fully saturated rings. The third-order valence-corrected chi connectivity index (χ3v) is 9.35. The van der Waals surface area contributed by atoms with E-state index >= 15 is 0 Å². The van der Waals surface area contributed by atoms with Crippen LogP contribution in [-0.2, 0) is 26.2 Å². The maximum absolute atomic E-state index is 14.0. The van der Waals surface area contributed by atoms with Crippen LogP contribution in [0.5, 0.6) is 5.75 Å². The summed E-state index contributed by atoms with van der Waals surface area (Å²) in [5, 5.41) is 2.84. The van der Waals surface area contributed by atoms with Gasteiger partial charge in [-0.1, -0.05) is 35.0 Å². The molecule has 8 nitrogen and oxygen atoms in total. The second-order valence-corrected chi connectivity index (χ2v) is 12.9. The molecule has 0 radical (unpaired) electrons. The average Bonchev–Trinajstić information content (AvgIpc) is 2.97. The molecule has 1 N–H and O–H groups in total. The van der Waals surface area contributed by atoms with E-state index in [1.807, 2.05) is 44.4 Å². The summed E-state index contributed by atoms with van der Waals surface area (Å²) >= 11 is 4.96. The largest absolute Gasteiger partial charge is 0.494 e. The SMILES string of the molecule is CCCNC(=O)C(C)N(Cc1cccc(Br)c1)C(=O)CN(c1ccc(OCC)cc1)S(=O)(=O)c1ccc(SC)cc1. The van der Waals surface area contributed by atoms with Crippen LogP contribution < -0.4 is 14.4 Å². The summed E-state index contributed by atoms with van der Waals surface area (Å²) in [6.45, 7) is 6.02. The van der Waals surface area contributed by atoms with Crippen molar-refractivity contribution in [3.05, 3.63) is 82.8 Å². The van der Waals surface area contributed by atoms with E-state index in [1.54, 1.807) is 43.3 Å². The zero-order chi connectivity index (χ0) is 30.0. The molecule has 11 heteroatoms. The van der Waals surface area contributed by atoms with Crippen LogP contribution in [0.25, 0.3) is 0 Å². The number of sulfonamides is 1. The third-order valence-electron chi connectivity index (χ3n) is 6.32. The lowest BCUT2D eigenvalue weighted by molar-refractivity contribution is -0.139. The van der Waals surface area contributed by atoms with Gasteiger partial charge in [0, 0.05) is 22.5 Å². The van der Waals surface area contributed by atoms with E-state index in [2.05, 4.69) is 21.2 Å². The van der Waals surface area contributed by atoms with Crippen molar-refractivity contribution in [2.75, 3.05) is 30.3 Å². The highest BCUT2D eigenvalue weighted by atomic mass is 79.9. The number of carbonyl (C=O) groups is 2. The second-order valence-electron chi connectivity index (χ2n) is 9.23. The van der Waals surface area contributed by atoms with Gasteiger partial charge in [-0.05, 0) is 92.8 Å². The Hall–Kier alpha value is -3.02. The van der Waals surface area contributed by atoms with Crippen molar-refractivity contribution in [3.8, 4) is 5.75 Å². The lowest BCUT2D eigenvalue weighted by Gasteiger charge is -2.32. The van der Waals surface area contributed by atoms with Crippen molar-refractivity contribution in [2.45, 2.75) is 49.6 Å². The fourth-order valence-corrected chi connectivity index (χ4v) is 6.36. The van der Waals surface area contributed by atoms with Gasteiger partial charge in [0.05, 0.1) is 17.2 Å². The van der Waals surface area contributed by atoms with Gasteiger partial charge >= 0.3 is 0 Å². The van der Waals surface area contributed by atoms with E-state index in [9.17, 15) is 18.0 Å². The summed E-state index contributed by atoms with van der Waals surface area (Å²) in [7, 11) is -4.14. The van der Waals surface area contributed by atoms with Crippen LogP contribution in [0.2, 0.25) is 0 Å². The molecule has 2 amide bonds. The first-order valence-electron chi connectivity index (χ1n) is 13.3. The smallest absolute Gasteiger partial charge is 0.264 e. The van der Waals surface area contributed by atoms with E-state index in [-0.39, 0.29) is 17.3 Å². The van der Waals surface area contributed by atoms with Gasteiger partial charge in [-0.2, -0.15) is 0 Å². The molecular weight excluding hydrogens is 626 g/mol. The topological polar surface area (TPSA) is 96.0 Å². The molecular formula is C30H36BrN3O5S2. The Morgan fingerprint density at radius 1 is 1.02 bits per heavy atom. The minimum absolute atomic E-state index is 0.0595. The Morgan fingerprint density at radius 3 is 2.29 bits per heavy atom. The van der Waals surface area contributed by atoms with E-state index in [0.29, 0.717) is 24.6 Å². The number of ether oxygens (including phenoxy) is 1. The minimum atomic E-state index is -4.14. The molecule has 0 heterocycles. The number of benzene rings is 3. The summed E-state index contributed by atoms with van der Waals surface area (Å²) < 4.78 is 35.4. The van der Waals surface area contributed by atoms with Crippen molar-refractivity contribution in [1.29, 1.82) is 0 Å². The molecule has 1 atom stereocenters. The number of carbonyl (C=O) groups excluding carboxylic acids is 2. The maximum Gasteiger partial charge on any atom is 0.264 e. The van der Waals surface area contributed by atoms with Crippen molar-refractivity contribution in [1.82, 2.24) is 10.2 Å². The first kappa shape index (κ1) is 32.5. The number of halogens is 1. The monoisotopic (exact) mass is 661 g/mol. The molecule has 0 saturated carbocycles. The fourth-order valence-electron chi connectivity index (χ4n) is 4.09. The standard InChI is InChI=1S/C30H36BrN3O5S2/c1-5-18-32-30(36)22(3)33(20-23-8-7-9-24(31)19-23)29(35)21-34(25-10-12-26(13-11-25)39-6-2)41(37,38)28-16-14-27(40-4)15-17-28/h7-17,19,22H,5-6,18,20-21H2,1-4H3,(H,32,36). The van der Waals surface area contributed by atoms with Crippen LogP contribution in [0.4, 0.5) is 5.69 Å². The third kappa shape index (κ3) is 8.73. The molecule has 3 aromatic rings. The van der Waals surface area contributed by atoms with Gasteiger partial charge < -0.3 is 15.0 Å². The second kappa shape index (κ2) is 15.3. The molecule has 0 aromatic heterocycles. The Bertz CT molecular complexity index is 1420. The summed E-state index contributed by atoms with van der Waals surface area (Å²) in [5.41, 5.74) is 1.10. The van der Waals surface area contributed by atoms with E-state index in [0.717, 1.165) is 25.7 Å². The van der Waals surface area contributed by atoms with Gasteiger partial charge in [-0.3, -0.25) is 13.9 Å². The summed E-state index contributed by atoms with van der Waals surface area (Å²) in [6, 6.07) is 19.7. The normalized spacial score (nSPS) is 11.9. The Morgan fingerprint density at radius 2 is 1.71 bits per heavy atom. The van der Waals surface area contributed by atoms with E-state index in [4.69, 9.17) is 4.74 Å². The highest BCUT2D eigenvalue weighted by molar-refractivity contribution is 9.10. The van der Waals surface area contributed by atoms with Crippen LogP contribution in [0, 0.1) is 0 Å². The van der Waals surface area contributed by atoms with Gasteiger partial charge in [0.2, 0.25) is 11.8 Å². The van der Waals surface area contributed by atoms with Gasteiger partial charge in [0.1, 0.15) is 18.3 Å². The van der Waals surface area contributed by atoms with Gasteiger partial charge in [0.25, 0.3) is 10.0 Å². The summed E-state index contributed by atoms with van der Waals surface area (Å²) in [4.78, 5) is 29.4. The molecule has 0 bridgehead atoms. The zero-order valence-electron chi connectivity index (χ0n) is 23.7. The molecule has 3 rings (SSSR count). The summed E-state index contributed by atoms with van der Waals surface area (Å²) in [5.74, 6) is -0.234. The lowest BCUT2D eigenvalue weighted by atomic mass is 10.1. The molecule has 0 aliphatic heterocycles. The zero-order valence-corrected chi connectivity index (χ0v) is 26.9. The van der Waals surface area contributed by atoms with Crippen LogP contribution in [-0.4, -0.2) is 57.1 Å². The Kier molecular flexibility index (Phi) is 12.1. The van der Waals surface area contributed by atoms with Crippen LogP contribution >= 0.6 is 27.7 Å². The average molecular weight is 663 g/mol. The highest BCUT2D eigenvalue weighted by Crippen LogP contribution is 2.28. The predicted octanol–water partition coefficient (Wildman–Crippen LogP) is 5.71. The fraction of sp³-hybridized carbons (Fsp3) is 0.333. The van der Waals surface area contributed by atoms with Crippen LogP contribution in [0.1, 0.15) is 32.8 Å². The first-order chi connectivity index (χ1) is 19.6. The number of anilines is 1. The number of thioether (sulfide) groups is 1. The molecule has 3 aromatic carbocycles. The molecule has 0 saturated heterocycles. The van der Waals surface area contributed by atoms with Gasteiger partial charge in [0.15, 0.2) is 0 Å². The van der Waals surface area contributed by atoms with E-state index in [1.165, 1.54) is 28.8 Å². The van der Waals surface area contributed by atoms with Crippen LogP contribution in [0.3, 0.4) is 0 Å². The van der Waals surface area contributed by atoms with Crippen molar-refractivity contribution >= 4 is 55.2 Å². The minimum Gasteiger partial charge on any atom is -0.494 e. The molecule has 0 spiro atoms. The molecule has 41 heavy (non-hydrogen) atoms. The lowest BCUT2D eigenvalue weighted by Crippen LogP contribution is -2.51. The number of nitrogens with zero attached hydrogens (tertiary/aromatic N) is 2. The molecule has 0 aliphatic carbocycles. The summed E-state index contributed by atoms with van der Waals surface area (Å²) in [6.07, 6.45) is 2.66. The highest BCUT2D eigenvalue weighted by Gasteiger charge is 2.32.